The maximum atomic E-state index is 14.6. The van der Waals surface area contributed by atoms with Crippen molar-refractivity contribution in [2.75, 3.05) is 27.2 Å². The lowest BCUT2D eigenvalue weighted by molar-refractivity contribution is -0.132. The number of hydrogen-bond acceptors (Lipinski definition) is 7. The van der Waals surface area contributed by atoms with Crippen molar-refractivity contribution in [1.82, 2.24) is 9.80 Å². The van der Waals surface area contributed by atoms with Gasteiger partial charge in [-0.3, -0.25) is 19.4 Å². The minimum Gasteiger partial charge on any atom is -0.510 e. The summed E-state index contributed by atoms with van der Waals surface area (Å²) >= 11 is 0. The number of nitrogens with two attached hydrogens (primary N) is 1. The number of aromatic hydroxyl groups is 1. The number of carbonyl (C=O) groups excluding carboxylic acids is 2. The van der Waals surface area contributed by atoms with E-state index in [1.54, 1.807) is 6.07 Å². The first kappa shape index (κ1) is 32.3. The maximum absolute atomic E-state index is 14.6. The van der Waals surface area contributed by atoms with Gasteiger partial charge in [-0.25, -0.2) is 0 Å². The summed E-state index contributed by atoms with van der Waals surface area (Å²) in [7, 11) is 3.67. The zero-order valence-electron chi connectivity index (χ0n) is 27.8. The molecule has 0 aliphatic heterocycles. The molecule has 5 atom stereocenters. The highest BCUT2D eigenvalue weighted by atomic mass is 16.3. The molecule has 0 aromatic heterocycles. The number of phenols is 1. The Balaban J connectivity index is 1.42. The average molecular weight is 628 g/mol. The summed E-state index contributed by atoms with van der Waals surface area (Å²) in [4.78, 5) is 31.8. The van der Waals surface area contributed by atoms with Gasteiger partial charge in [-0.2, -0.15) is 0 Å². The van der Waals surface area contributed by atoms with Crippen LogP contribution in [0.3, 0.4) is 0 Å². The van der Waals surface area contributed by atoms with Gasteiger partial charge in [-0.1, -0.05) is 45.0 Å². The number of benzene rings is 2. The monoisotopic (exact) mass is 627 g/mol. The van der Waals surface area contributed by atoms with Gasteiger partial charge in [0.25, 0.3) is 0 Å². The molecule has 0 radical (unpaired) electrons. The Bertz CT molecular complexity index is 1620. The van der Waals surface area contributed by atoms with Crippen LogP contribution in [0.2, 0.25) is 0 Å². The normalized spacial score (nSPS) is 27.6. The lowest BCUT2D eigenvalue weighted by Crippen LogP contribution is -2.58. The number of nitrogens with zero attached hydrogens (tertiary/aromatic N) is 2. The molecule has 8 nitrogen and oxygen atoms in total. The van der Waals surface area contributed by atoms with Crippen LogP contribution in [0.1, 0.15) is 69.6 Å². The van der Waals surface area contributed by atoms with Gasteiger partial charge in [-0.15, -0.1) is 0 Å². The van der Waals surface area contributed by atoms with Crippen LogP contribution in [-0.4, -0.2) is 70.0 Å². The lowest BCUT2D eigenvalue weighted by Gasteiger charge is -2.54. The zero-order chi connectivity index (χ0) is 33.1. The van der Waals surface area contributed by atoms with E-state index in [-0.39, 0.29) is 40.5 Å². The third kappa shape index (κ3) is 5.33. The molecule has 0 spiro atoms. The number of ketones is 1. The molecule has 4 aliphatic carbocycles. The molecule has 5 N–H and O–H groups in total. The molecule has 4 aliphatic rings. The molecule has 8 heteroatoms. The number of aliphatic hydroxyl groups excluding tert-OH is 2. The number of rotatable bonds is 10. The van der Waals surface area contributed by atoms with E-state index in [0.717, 1.165) is 48.7 Å². The number of carbonyl (C=O) groups is 2. The van der Waals surface area contributed by atoms with E-state index < -0.39 is 23.3 Å². The fourth-order valence-corrected chi connectivity index (χ4v) is 9.02. The van der Waals surface area contributed by atoms with Gasteiger partial charge in [0.15, 0.2) is 5.78 Å². The molecule has 1 amide bonds. The van der Waals surface area contributed by atoms with Gasteiger partial charge in [0.1, 0.15) is 17.3 Å². The number of phenolic OH excluding ortho intramolecular Hbond substituents is 1. The minimum atomic E-state index is -1.00. The number of Topliss-reactive ketones (excluding diaryl/α,β-unsaturated/α-hetero) is 1. The van der Waals surface area contributed by atoms with E-state index in [2.05, 4.69) is 36.1 Å². The van der Waals surface area contributed by atoms with Crippen LogP contribution in [0.25, 0.3) is 16.9 Å². The third-order valence-electron chi connectivity index (χ3n) is 11.3. The molecule has 6 rings (SSSR count). The predicted octanol–water partition coefficient (Wildman–Crippen LogP) is 5.99. The Labute approximate surface area is 272 Å². The summed E-state index contributed by atoms with van der Waals surface area (Å²) in [6, 6.07) is 11.5. The van der Waals surface area contributed by atoms with Gasteiger partial charge in [0.05, 0.1) is 17.2 Å². The Kier molecular flexibility index (Phi) is 8.57. The van der Waals surface area contributed by atoms with Crippen LogP contribution < -0.4 is 5.73 Å². The number of amides is 1. The Hall–Kier alpha value is -3.62. The van der Waals surface area contributed by atoms with E-state index in [9.17, 15) is 24.9 Å². The van der Waals surface area contributed by atoms with Gasteiger partial charge in [-0.05, 0) is 111 Å². The molecule has 2 aromatic rings. The Morgan fingerprint density at radius 3 is 2.46 bits per heavy atom. The van der Waals surface area contributed by atoms with E-state index in [1.165, 1.54) is 18.4 Å². The highest BCUT2D eigenvalue weighted by molar-refractivity contribution is 6.08. The van der Waals surface area contributed by atoms with E-state index in [4.69, 9.17) is 5.73 Å². The predicted molar refractivity (Wildman–Crippen MR) is 180 cm³/mol. The fourth-order valence-electron chi connectivity index (χ4n) is 9.02. The number of primary amides is 1. The van der Waals surface area contributed by atoms with Crippen LogP contribution in [0.4, 0.5) is 0 Å². The molecule has 3 unspecified atom stereocenters. The van der Waals surface area contributed by atoms with Crippen molar-refractivity contribution in [2.24, 2.45) is 34.8 Å². The lowest BCUT2D eigenvalue weighted by atomic mass is 9.51. The van der Waals surface area contributed by atoms with Crippen LogP contribution in [-0.2, 0) is 22.6 Å². The molecule has 0 heterocycles. The largest absolute Gasteiger partial charge is 0.510 e. The summed E-state index contributed by atoms with van der Waals surface area (Å²) in [5.74, 6) is -1.71. The summed E-state index contributed by atoms with van der Waals surface area (Å²) in [5, 5.41) is 34.5. The third-order valence-corrected chi connectivity index (χ3v) is 11.3. The van der Waals surface area contributed by atoms with Crippen molar-refractivity contribution < 1.29 is 24.9 Å². The summed E-state index contributed by atoms with van der Waals surface area (Å²) in [5.41, 5.74) is 9.56. The second-order valence-corrected chi connectivity index (χ2v) is 14.6. The van der Waals surface area contributed by atoms with Gasteiger partial charge < -0.3 is 21.1 Å². The van der Waals surface area contributed by atoms with Crippen molar-refractivity contribution in [2.45, 2.75) is 71.9 Å². The van der Waals surface area contributed by atoms with Crippen LogP contribution in [0, 0.1) is 29.1 Å². The van der Waals surface area contributed by atoms with Gasteiger partial charge >= 0.3 is 0 Å². The molecular weight excluding hydrogens is 578 g/mol. The molecule has 2 aromatic carbocycles. The molecule has 0 saturated heterocycles. The molecule has 2 fully saturated rings. The van der Waals surface area contributed by atoms with E-state index in [1.807, 2.05) is 38.9 Å². The molecule has 0 bridgehead atoms. The first-order valence-electron chi connectivity index (χ1n) is 16.9. The van der Waals surface area contributed by atoms with Crippen molar-refractivity contribution in [3.05, 3.63) is 70.0 Å². The maximum Gasteiger partial charge on any atom is 0.248 e. The number of likely N-dealkylation sites (N-methyl/N-ethyl adjacent to an activating group) is 1. The Morgan fingerprint density at radius 2 is 1.83 bits per heavy atom. The molecule has 2 saturated carbocycles. The van der Waals surface area contributed by atoms with E-state index in [0.29, 0.717) is 30.4 Å². The van der Waals surface area contributed by atoms with E-state index >= 15 is 0 Å². The number of fused-ring (bicyclic) bond motifs is 3. The standard InChI is InChI=1S/C38H49N3O5/c1-6-15-41(19-21-11-12-21)20-22-9-8-10-23(16-22)25-13-14-28(42)30-26(25)17-24-18-27-31(35(44)29(24)34(30)43)38(3,7-2)32(37(39)46)36(45)33(27)40(4)5/h8-10,13-14,16,21,24,27,31,33,42-43,45H,6-7,11-12,15,17-20H2,1-5H3,(H2,39,46)/t24?,27?,31?,33-,38-/m0/s1. The topological polar surface area (TPSA) is 127 Å². The summed E-state index contributed by atoms with van der Waals surface area (Å²) in [6.45, 7) is 9.01. The average Bonchev–Trinajstić information content (AvgIpc) is 3.80. The van der Waals surface area contributed by atoms with Crippen LogP contribution >= 0.6 is 0 Å². The fraction of sp³-hybridized carbons (Fsp3) is 0.526. The first-order valence-corrected chi connectivity index (χ1v) is 16.9. The van der Waals surface area contributed by atoms with Crippen molar-refractivity contribution in [3.63, 3.8) is 0 Å². The zero-order valence-corrected chi connectivity index (χ0v) is 27.8. The van der Waals surface area contributed by atoms with Crippen molar-refractivity contribution in [1.29, 1.82) is 0 Å². The molecule has 246 valence electrons. The summed E-state index contributed by atoms with van der Waals surface area (Å²) < 4.78 is 0. The SMILES string of the molecule is CCCN(Cc1cccc(-c2ccc(O)c3c2CC2CC4C(C(=O)C2=C3O)[C@](C)(CC)C(C(N)=O)=C(O)[C@H]4N(C)C)c1)CC1CC1. The number of allylic oxidation sites excluding steroid dienone is 1. The Morgan fingerprint density at radius 1 is 1.09 bits per heavy atom. The highest BCUT2D eigenvalue weighted by Crippen LogP contribution is 2.58. The quantitative estimate of drug-likeness (QED) is 0.255. The van der Waals surface area contributed by atoms with Crippen molar-refractivity contribution >= 4 is 17.4 Å². The second kappa shape index (κ2) is 12.2. The van der Waals surface area contributed by atoms with Gasteiger partial charge in [0.2, 0.25) is 5.91 Å². The summed E-state index contributed by atoms with van der Waals surface area (Å²) in [6.07, 6.45) is 5.17. The first-order chi connectivity index (χ1) is 21.9. The highest BCUT2D eigenvalue weighted by Gasteiger charge is 2.60. The smallest absolute Gasteiger partial charge is 0.248 e. The van der Waals surface area contributed by atoms with Crippen LogP contribution in [0.5, 0.6) is 5.75 Å². The van der Waals surface area contributed by atoms with Gasteiger partial charge in [0, 0.05) is 30.0 Å². The minimum absolute atomic E-state index is 0.0577. The van der Waals surface area contributed by atoms with Crippen LogP contribution in [0.15, 0.2) is 53.3 Å². The number of aliphatic hydroxyl groups is 2. The number of hydrogen-bond donors (Lipinski definition) is 4. The molecule has 46 heavy (non-hydrogen) atoms. The second-order valence-electron chi connectivity index (χ2n) is 14.6. The van der Waals surface area contributed by atoms with Crippen molar-refractivity contribution in [3.8, 4) is 16.9 Å². The molecular formula is C38H49N3O5.